The van der Waals surface area contributed by atoms with Crippen molar-refractivity contribution in [3.63, 3.8) is 0 Å². The van der Waals surface area contributed by atoms with Crippen LogP contribution in [0.2, 0.25) is 0 Å². The molecule has 0 saturated carbocycles. The first kappa shape index (κ1) is 15.7. The van der Waals surface area contributed by atoms with Crippen LogP contribution < -0.4 is 0 Å². The van der Waals surface area contributed by atoms with E-state index in [9.17, 15) is 0 Å². The highest BCUT2D eigenvalue weighted by atomic mass is 32.2. The van der Waals surface area contributed by atoms with Gasteiger partial charge >= 0.3 is 0 Å². The highest BCUT2D eigenvalue weighted by Crippen LogP contribution is 2.07. The molecule has 0 aromatic heterocycles. The Kier molecular flexibility index (Phi) is 17.8. The number of rotatable bonds is 6. The minimum atomic E-state index is -1.50. The summed E-state index contributed by atoms with van der Waals surface area (Å²) in [5.41, 5.74) is 0. The average Bonchev–Trinajstić information content (AvgIpc) is 2.14. The summed E-state index contributed by atoms with van der Waals surface area (Å²) in [6.45, 7) is 5.79. The zero-order valence-corrected chi connectivity index (χ0v) is 10.2. The lowest BCUT2D eigenvalue weighted by molar-refractivity contribution is 0.119. The van der Waals surface area contributed by atoms with Gasteiger partial charge in [0.1, 0.15) is 0 Å². The zero-order chi connectivity index (χ0) is 10.5. The lowest BCUT2D eigenvalue weighted by atomic mass is 10.3. The summed E-state index contributed by atoms with van der Waals surface area (Å²) in [6, 6.07) is 0. The number of thioether (sulfide) groups is 1. The fourth-order valence-electron chi connectivity index (χ4n) is 0.635. The van der Waals surface area contributed by atoms with Crippen LogP contribution in [0.25, 0.3) is 0 Å². The van der Waals surface area contributed by atoms with E-state index < -0.39 is 8.69 Å². The molecular formula is C8H19O3PS. The zero-order valence-electron chi connectivity index (χ0n) is 8.23. The Bertz CT molecular complexity index is 118. The molecule has 0 spiro atoms. The second-order valence-electron chi connectivity index (χ2n) is 2.20. The average molecular weight is 226 g/mol. The first-order valence-electron chi connectivity index (χ1n) is 4.06. The van der Waals surface area contributed by atoms with Crippen LogP contribution in [0.15, 0.2) is 12.7 Å². The SMILES string of the molecule is C=CCSC[C@@H](CC)OC.O=[PH2]O. The van der Waals surface area contributed by atoms with Crippen LogP contribution in [0.3, 0.4) is 0 Å². The minimum absolute atomic E-state index is 0.421. The van der Waals surface area contributed by atoms with Crippen LogP contribution in [-0.2, 0) is 9.30 Å². The van der Waals surface area contributed by atoms with Crippen molar-refractivity contribution in [1.29, 1.82) is 0 Å². The predicted octanol–water partition coefficient (Wildman–Crippen LogP) is 1.98. The summed E-state index contributed by atoms with van der Waals surface area (Å²) in [4.78, 5) is 7.10. The quantitative estimate of drug-likeness (QED) is 0.427. The van der Waals surface area contributed by atoms with Gasteiger partial charge < -0.3 is 9.63 Å². The number of hydrogen-bond donors (Lipinski definition) is 1. The largest absolute Gasteiger partial charge is 0.381 e. The van der Waals surface area contributed by atoms with Crippen LogP contribution in [0.1, 0.15) is 13.3 Å². The molecule has 0 aromatic rings. The van der Waals surface area contributed by atoms with Crippen LogP contribution in [0, 0.1) is 0 Å². The molecule has 1 N–H and O–H groups in total. The fraction of sp³-hybridized carbons (Fsp3) is 0.750. The van der Waals surface area contributed by atoms with Crippen LogP contribution in [0.4, 0.5) is 0 Å². The van der Waals surface area contributed by atoms with E-state index in [2.05, 4.69) is 13.5 Å². The normalized spacial score (nSPS) is 12.2. The molecule has 1 unspecified atom stereocenters. The Hall–Kier alpha value is 0.240. The maximum atomic E-state index is 8.57. The van der Waals surface area contributed by atoms with Crippen LogP contribution in [0.5, 0.6) is 0 Å². The van der Waals surface area contributed by atoms with E-state index in [1.54, 1.807) is 7.11 Å². The van der Waals surface area contributed by atoms with E-state index in [-0.39, 0.29) is 0 Å². The third-order valence-electron chi connectivity index (χ3n) is 1.33. The third-order valence-corrected chi connectivity index (χ3v) is 2.41. The summed E-state index contributed by atoms with van der Waals surface area (Å²) < 4.78 is 13.8. The van der Waals surface area contributed by atoms with Gasteiger partial charge in [0.15, 0.2) is 8.69 Å². The Labute approximate surface area is 85.8 Å². The Balaban J connectivity index is 0. The molecule has 0 aromatic carbocycles. The van der Waals surface area contributed by atoms with E-state index in [1.807, 2.05) is 17.8 Å². The maximum Gasteiger partial charge on any atom is 0.177 e. The second kappa shape index (κ2) is 14.7. The standard InChI is InChI=1S/C8H16OS.H3O2P/c1-4-6-10-7-8(5-2)9-3;1-3-2/h4,8H,1,5-7H2,2-3H3;3H2,(H,1,2)/t8-;/m1./s1. The van der Waals surface area contributed by atoms with Crippen molar-refractivity contribution in [3.8, 4) is 0 Å². The Morgan fingerprint density at radius 1 is 1.77 bits per heavy atom. The predicted molar refractivity (Wildman–Crippen MR) is 61.2 cm³/mol. The smallest absolute Gasteiger partial charge is 0.177 e. The Morgan fingerprint density at radius 3 is 2.62 bits per heavy atom. The van der Waals surface area contributed by atoms with E-state index in [1.165, 1.54) is 0 Å². The van der Waals surface area contributed by atoms with E-state index in [4.69, 9.17) is 14.2 Å². The van der Waals surface area contributed by atoms with Gasteiger partial charge in [0.2, 0.25) is 0 Å². The molecule has 13 heavy (non-hydrogen) atoms. The Morgan fingerprint density at radius 2 is 2.31 bits per heavy atom. The molecule has 0 heterocycles. The van der Waals surface area contributed by atoms with Gasteiger partial charge in [0, 0.05) is 18.6 Å². The third kappa shape index (κ3) is 15.0. The molecule has 0 amide bonds. The molecule has 0 aliphatic heterocycles. The van der Waals surface area contributed by atoms with Crippen molar-refractivity contribution in [2.45, 2.75) is 19.4 Å². The first-order chi connectivity index (χ1) is 6.26. The van der Waals surface area contributed by atoms with Crippen LogP contribution >= 0.6 is 20.4 Å². The monoisotopic (exact) mass is 226 g/mol. The molecule has 0 aliphatic rings. The molecule has 0 fully saturated rings. The van der Waals surface area contributed by atoms with Crippen molar-refractivity contribution >= 4 is 20.4 Å². The molecule has 0 saturated heterocycles. The summed E-state index contributed by atoms with van der Waals surface area (Å²) in [7, 11) is 0.267. The highest BCUT2D eigenvalue weighted by Gasteiger charge is 2.01. The molecule has 0 bridgehead atoms. The summed E-state index contributed by atoms with van der Waals surface area (Å²) in [5.74, 6) is 2.11. The second-order valence-corrected chi connectivity index (χ2v) is 3.48. The summed E-state index contributed by atoms with van der Waals surface area (Å²) in [6.07, 6.45) is 3.44. The summed E-state index contributed by atoms with van der Waals surface area (Å²) in [5, 5.41) is 0. The van der Waals surface area contributed by atoms with E-state index in [0.717, 1.165) is 17.9 Å². The van der Waals surface area contributed by atoms with Gasteiger partial charge in [0.05, 0.1) is 6.10 Å². The van der Waals surface area contributed by atoms with Gasteiger partial charge in [-0.25, -0.2) is 0 Å². The maximum absolute atomic E-state index is 8.57. The molecular weight excluding hydrogens is 207 g/mol. The first-order valence-corrected chi connectivity index (χ1v) is 6.20. The lowest BCUT2D eigenvalue weighted by Gasteiger charge is -2.10. The number of ether oxygens (including phenoxy) is 1. The highest BCUT2D eigenvalue weighted by molar-refractivity contribution is 7.99. The molecule has 0 radical (unpaired) electrons. The minimum Gasteiger partial charge on any atom is -0.381 e. The van der Waals surface area contributed by atoms with Gasteiger partial charge in [-0.05, 0) is 6.42 Å². The number of methoxy groups -OCH3 is 1. The number of hydrogen-bond acceptors (Lipinski definition) is 3. The van der Waals surface area contributed by atoms with Gasteiger partial charge in [-0.1, -0.05) is 13.0 Å². The van der Waals surface area contributed by atoms with Gasteiger partial charge in [0.25, 0.3) is 0 Å². The molecule has 3 nitrogen and oxygen atoms in total. The summed E-state index contributed by atoms with van der Waals surface area (Å²) >= 11 is 1.87. The molecule has 5 heteroatoms. The lowest BCUT2D eigenvalue weighted by Crippen LogP contribution is -2.11. The topological polar surface area (TPSA) is 46.5 Å². The van der Waals surface area contributed by atoms with Crippen molar-refractivity contribution < 1.29 is 14.2 Å². The van der Waals surface area contributed by atoms with Gasteiger partial charge in [-0.15, -0.1) is 6.58 Å². The van der Waals surface area contributed by atoms with Crippen LogP contribution in [-0.4, -0.2) is 29.6 Å². The molecule has 2 atom stereocenters. The van der Waals surface area contributed by atoms with E-state index in [0.29, 0.717) is 6.10 Å². The van der Waals surface area contributed by atoms with Crippen molar-refractivity contribution in [1.82, 2.24) is 0 Å². The van der Waals surface area contributed by atoms with Crippen molar-refractivity contribution in [2.24, 2.45) is 0 Å². The van der Waals surface area contributed by atoms with Crippen molar-refractivity contribution in [2.75, 3.05) is 18.6 Å². The molecule has 0 aliphatic carbocycles. The van der Waals surface area contributed by atoms with Gasteiger partial charge in [-0.2, -0.15) is 11.8 Å². The van der Waals surface area contributed by atoms with Gasteiger partial charge in [-0.3, -0.25) is 4.57 Å². The molecule has 80 valence electrons. The fourth-order valence-corrected chi connectivity index (χ4v) is 1.57. The molecule has 0 rings (SSSR count). The van der Waals surface area contributed by atoms with E-state index >= 15 is 0 Å². The van der Waals surface area contributed by atoms with Crippen molar-refractivity contribution in [3.05, 3.63) is 12.7 Å².